The Morgan fingerprint density at radius 1 is 1.64 bits per heavy atom. The van der Waals surface area contributed by atoms with Crippen molar-refractivity contribution in [2.24, 2.45) is 12.8 Å². The molecule has 0 radical (unpaired) electrons. The highest BCUT2D eigenvalue weighted by molar-refractivity contribution is 7.92. The van der Waals surface area contributed by atoms with E-state index < -0.39 is 15.9 Å². The van der Waals surface area contributed by atoms with Gasteiger partial charge in [0.1, 0.15) is 5.69 Å². The van der Waals surface area contributed by atoms with E-state index >= 15 is 0 Å². The molecule has 0 bridgehead atoms. The standard InChI is InChI=1S/C6H10N4O3S/c1-10-4(6(7)11)3-5(8-10)9-14(2,12)13/h3H,1-2H3,(H2,7,11)(H,8,9). The van der Waals surface area contributed by atoms with Gasteiger partial charge in [-0.2, -0.15) is 5.10 Å². The van der Waals surface area contributed by atoms with Crippen LogP contribution in [0, 0.1) is 0 Å². The van der Waals surface area contributed by atoms with Crippen molar-refractivity contribution in [3.8, 4) is 0 Å². The Kier molecular flexibility index (Phi) is 2.47. The lowest BCUT2D eigenvalue weighted by Crippen LogP contribution is -2.15. The zero-order valence-electron chi connectivity index (χ0n) is 7.68. The molecular weight excluding hydrogens is 208 g/mol. The molecule has 0 spiro atoms. The van der Waals surface area contributed by atoms with Gasteiger partial charge in [-0.05, 0) is 0 Å². The van der Waals surface area contributed by atoms with E-state index in [1.807, 2.05) is 0 Å². The Labute approximate surface area is 80.9 Å². The number of carbonyl (C=O) groups is 1. The number of amides is 1. The van der Waals surface area contributed by atoms with Gasteiger partial charge >= 0.3 is 0 Å². The van der Waals surface area contributed by atoms with E-state index in [-0.39, 0.29) is 11.5 Å². The topological polar surface area (TPSA) is 107 Å². The summed E-state index contributed by atoms with van der Waals surface area (Å²) in [6.45, 7) is 0. The summed E-state index contributed by atoms with van der Waals surface area (Å²) in [5.41, 5.74) is 5.15. The van der Waals surface area contributed by atoms with E-state index in [1.54, 1.807) is 0 Å². The van der Waals surface area contributed by atoms with Gasteiger partial charge in [-0.15, -0.1) is 0 Å². The first-order valence-electron chi connectivity index (χ1n) is 3.61. The molecule has 0 unspecified atom stereocenters. The number of anilines is 1. The van der Waals surface area contributed by atoms with Crippen LogP contribution in [0.4, 0.5) is 5.82 Å². The van der Waals surface area contributed by atoms with Gasteiger partial charge in [-0.25, -0.2) is 8.42 Å². The predicted molar refractivity (Wildman–Crippen MR) is 50.2 cm³/mol. The SMILES string of the molecule is Cn1nc(NS(C)(=O)=O)cc1C(N)=O. The summed E-state index contributed by atoms with van der Waals surface area (Å²) in [6.07, 6.45) is 0.992. The maximum atomic E-state index is 10.8. The first-order valence-corrected chi connectivity index (χ1v) is 5.50. The number of nitrogens with zero attached hydrogens (tertiary/aromatic N) is 2. The van der Waals surface area contributed by atoms with Crippen molar-refractivity contribution in [1.29, 1.82) is 0 Å². The molecule has 1 amide bonds. The second-order valence-electron chi connectivity index (χ2n) is 2.78. The van der Waals surface area contributed by atoms with Gasteiger partial charge in [0.2, 0.25) is 10.0 Å². The van der Waals surface area contributed by atoms with Crippen LogP contribution in [0.5, 0.6) is 0 Å². The van der Waals surface area contributed by atoms with E-state index in [0.717, 1.165) is 6.26 Å². The van der Waals surface area contributed by atoms with E-state index in [9.17, 15) is 13.2 Å². The quantitative estimate of drug-likeness (QED) is 0.670. The molecule has 0 atom stereocenters. The number of hydrogen-bond acceptors (Lipinski definition) is 4. The summed E-state index contributed by atoms with van der Waals surface area (Å²) < 4.78 is 25.0. The van der Waals surface area contributed by atoms with Crippen molar-refractivity contribution in [1.82, 2.24) is 9.78 Å². The second kappa shape index (κ2) is 3.29. The normalized spacial score (nSPS) is 11.3. The minimum Gasteiger partial charge on any atom is -0.364 e. The van der Waals surface area contributed by atoms with E-state index in [4.69, 9.17) is 5.73 Å². The molecule has 1 aromatic heterocycles. The predicted octanol–water partition coefficient (Wildman–Crippen LogP) is -1.11. The number of sulfonamides is 1. The number of hydrogen-bond donors (Lipinski definition) is 2. The molecule has 8 heteroatoms. The molecule has 14 heavy (non-hydrogen) atoms. The molecule has 0 aliphatic rings. The first kappa shape index (κ1) is 10.5. The fourth-order valence-electron chi connectivity index (χ4n) is 0.938. The molecule has 0 saturated heterocycles. The molecule has 1 rings (SSSR count). The lowest BCUT2D eigenvalue weighted by molar-refractivity contribution is 0.0991. The lowest BCUT2D eigenvalue weighted by Gasteiger charge is -1.96. The maximum absolute atomic E-state index is 10.8. The van der Waals surface area contributed by atoms with Crippen LogP contribution in [-0.4, -0.2) is 30.4 Å². The number of nitrogens with two attached hydrogens (primary N) is 1. The van der Waals surface area contributed by atoms with Crippen LogP contribution < -0.4 is 10.5 Å². The third-order valence-corrected chi connectivity index (χ3v) is 2.00. The highest BCUT2D eigenvalue weighted by atomic mass is 32.2. The van der Waals surface area contributed by atoms with Gasteiger partial charge in [0.15, 0.2) is 5.82 Å². The van der Waals surface area contributed by atoms with Gasteiger partial charge in [-0.3, -0.25) is 14.2 Å². The van der Waals surface area contributed by atoms with Gasteiger partial charge in [0.25, 0.3) is 5.91 Å². The van der Waals surface area contributed by atoms with Crippen molar-refractivity contribution >= 4 is 21.7 Å². The summed E-state index contributed by atoms with van der Waals surface area (Å²) in [7, 11) is -1.89. The number of carbonyl (C=O) groups excluding carboxylic acids is 1. The van der Waals surface area contributed by atoms with Crippen molar-refractivity contribution in [3.63, 3.8) is 0 Å². The van der Waals surface area contributed by atoms with Gasteiger partial charge in [0.05, 0.1) is 6.26 Å². The zero-order valence-corrected chi connectivity index (χ0v) is 8.50. The van der Waals surface area contributed by atoms with Crippen LogP contribution >= 0.6 is 0 Å². The van der Waals surface area contributed by atoms with Gasteiger partial charge in [-0.1, -0.05) is 0 Å². The third-order valence-electron chi connectivity index (χ3n) is 1.42. The van der Waals surface area contributed by atoms with Gasteiger partial charge in [0, 0.05) is 13.1 Å². The molecule has 1 heterocycles. The minimum absolute atomic E-state index is 0.0730. The summed E-state index contributed by atoms with van der Waals surface area (Å²) >= 11 is 0. The Morgan fingerprint density at radius 2 is 2.21 bits per heavy atom. The summed E-state index contributed by atoms with van der Waals surface area (Å²) in [5, 5.41) is 3.74. The summed E-state index contributed by atoms with van der Waals surface area (Å²) in [4.78, 5) is 10.8. The van der Waals surface area contributed by atoms with Crippen LogP contribution in [0.2, 0.25) is 0 Å². The third kappa shape index (κ3) is 2.46. The van der Waals surface area contributed by atoms with Crippen LogP contribution in [-0.2, 0) is 17.1 Å². The fraction of sp³-hybridized carbons (Fsp3) is 0.333. The highest BCUT2D eigenvalue weighted by Crippen LogP contribution is 2.08. The number of nitrogens with one attached hydrogen (secondary N) is 1. The smallest absolute Gasteiger partial charge is 0.267 e. The Balaban J connectivity index is 3.04. The largest absolute Gasteiger partial charge is 0.364 e. The number of aryl methyl sites for hydroxylation is 1. The summed E-state index contributed by atoms with van der Waals surface area (Å²) in [6, 6.07) is 1.27. The van der Waals surface area contributed by atoms with E-state index in [1.165, 1.54) is 17.8 Å². The average molecular weight is 218 g/mol. The van der Waals surface area contributed by atoms with E-state index in [0.29, 0.717) is 0 Å². The van der Waals surface area contributed by atoms with Gasteiger partial charge < -0.3 is 5.73 Å². The van der Waals surface area contributed by atoms with Crippen molar-refractivity contribution in [2.75, 3.05) is 11.0 Å². The Hall–Kier alpha value is -1.57. The molecule has 0 saturated carbocycles. The molecule has 7 nitrogen and oxygen atoms in total. The number of primary amides is 1. The van der Waals surface area contributed by atoms with Crippen LogP contribution in [0.3, 0.4) is 0 Å². The molecule has 0 fully saturated rings. The minimum atomic E-state index is -3.38. The maximum Gasteiger partial charge on any atom is 0.267 e. The van der Waals surface area contributed by atoms with E-state index in [2.05, 4.69) is 9.82 Å². The molecule has 78 valence electrons. The lowest BCUT2D eigenvalue weighted by atomic mass is 10.4. The number of aromatic nitrogens is 2. The zero-order chi connectivity index (χ0) is 10.9. The molecule has 1 aromatic rings. The molecule has 0 aromatic carbocycles. The monoisotopic (exact) mass is 218 g/mol. The molecule has 3 N–H and O–H groups in total. The van der Waals surface area contributed by atoms with Crippen LogP contribution in [0.25, 0.3) is 0 Å². The van der Waals surface area contributed by atoms with Crippen molar-refractivity contribution in [3.05, 3.63) is 11.8 Å². The number of rotatable bonds is 3. The fourth-order valence-corrected chi connectivity index (χ4v) is 1.42. The first-order chi connectivity index (χ1) is 6.29. The van der Waals surface area contributed by atoms with Crippen LogP contribution in [0.1, 0.15) is 10.5 Å². The molecular formula is C6H10N4O3S. The molecule has 0 aliphatic heterocycles. The Bertz CT molecular complexity index is 461. The summed E-state index contributed by atoms with van der Waals surface area (Å²) in [5.74, 6) is -0.592. The van der Waals surface area contributed by atoms with Crippen molar-refractivity contribution < 1.29 is 13.2 Å². The highest BCUT2D eigenvalue weighted by Gasteiger charge is 2.11. The average Bonchev–Trinajstić information content (AvgIpc) is 2.26. The van der Waals surface area contributed by atoms with Crippen molar-refractivity contribution in [2.45, 2.75) is 0 Å². The van der Waals surface area contributed by atoms with Crippen LogP contribution in [0.15, 0.2) is 6.07 Å². The molecule has 0 aliphatic carbocycles. The Morgan fingerprint density at radius 3 is 2.57 bits per heavy atom. The second-order valence-corrected chi connectivity index (χ2v) is 4.53.